The van der Waals surface area contributed by atoms with Gasteiger partial charge in [0.05, 0.1) is 0 Å². The van der Waals surface area contributed by atoms with Crippen LogP contribution in [0.2, 0.25) is 0 Å². The first kappa shape index (κ1) is 13.8. The van der Waals surface area contributed by atoms with Crippen LogP contribution in [0, 0.1) is 6.92 Å². The summed E-state index contributed by atoms with van der Waals surface area (Å²) in [7, 11) is 2.03. The van der Waals surface area contributed by atoms with Crippen molar-refractivity contribution in [2.75, 3.05) is 7.05 Å². The van der Waals surface area contributed by atoms with Gasteiger partial charge in [-0.05, 0) is 66.4 Å². The van der Waals surface area contributed by atoms with E-state index in [0.717, 1.165) is 12.8 Å². The van der Waals surface area contributed by atoms with Gasteiger partial charge in [-0.25, -0.2) is 0 Å². The van der Waals surface area contributed by atoms with Crippen LogP contribution in [0.4, 0.5) is 0 Å². The largest absolute Gasteiger partial charge is 0.313 e. The highest BCUT2D eigenvalue weighted by Gasteiger charge is 2.12. The van der Waals surface area contributed by atoms with Gasteiger partial charge in [-0.15, -0.1) is 0 Å². The van der Waals surface area contributed by atoms with Crippen LogP contribution in [0.3, 0.4) is 0 Å². The third-order valence-electron chi connectivity index (χ3n) is 3.18. The van der Waals surface area contributed by atoms with Crippen LogP contribution >= 0.6 is 27.3 Å². The standard InChI is InChI=1S/C15H18BrNS/c1-11-3-5-13(14(16)9-11)15(17-2)6-4-12-7-8-18-10-12/h3,5,7-10,15,17H,4,6H2,1-2H3. The second kappa shape index (κ2) is 6.50. The van der Waals surface area contributed by atoms with Crippen molar-refractivity contribution in [1.82, 2.24) is 5.32 Å². The molecule has 0 aliphatic carbocycles. The number of halogens is 1. The summed E-state index contributed by atoms with van der Waals surface area (Å²) in [6.45, 7) is 2.12. The Labute approximate surface area is 121 Å². The maximum absolute atomic E-state index is 3.67. The summed E-state index contributed by atoms with van der Waals surface area (Å²) in [5.74, 6) is 0. The van der Waals surface area contributed by atoms with Crippen LogP contribution < -0.4 is 5.32 Å². The Hall–Kier alpha value is -0.640. The molecule has 0 radical (unpaired) electrons. The van der Waals surface area contributed by atoms with Crippen LogP contribution in [0.5, 0.6) is 0 Å². The van der Waals surface area contributed by atoms with Crippen molar-refractivity contribution >= 4 is 27.3 Å². The van der Waals surface area contributed by atoms with Crippen molar-refractivity contribution in [3.05, 3.63) is 56.2 Å². The minimum Gasteiger partial charge on any atom is -0.313 e. The normalized spacial score (nSPS) is 12.6. The van der Waals surface area contributed by atoms with Crippen LogP contribution in [0.15, 0.2) is 39.5 Å². The Morgan fingerprint density at radius 2 is 2.17 bits per heavy atom. The Bertz CT molecular complexity index is 493. The monoisotopic (exact) mass is 323 g/mol. The van der Waals surface area contributed by atoms with Gasteiger partial charge in [0.25, 0.3) is 0 Å². The van der Waals surface area contributed by atoms with Gasteiger partial charge in [0.2, 0.25) is 0 Å². The molecule has 1 nitrogen and oxygen atoms in total. The fourth-order valence-electron chi connectivity index (χ4n) is 2.12. The molecule has 1 aromatic heterocycles. The Balaban J connectivity index is 2.08. The molecule has 2 rings (SSSR count). The number of hydrogen-bond donors (Lipinski definition) is 1. The number of aryl methyl sites for hydroxylation is 2. The number of thiophene rings is 1. The van der Waals surface area contributed by atoms with Crippen molar-refractivity contribution in [2.24, 2.45) is 0 Å². The Kier molecular flexibility index (Phi) is 4.98. The maximum Gasteiger partial charge on any atom is 0.0331 e. The fourth-order valence-corrected chi connectivity index (χ4v) is 3.59. The maximum atomic E-state index is 3.67. The first-order valence-corrected chi connectivity index (χ1v) is 7.88. The molecular weight excluding hydrogens is 306 g/mol. The molecule has 0 spiro atoms. The third-order valence-corrected chi connectivity index (χ3v) is 4.60. The molecule has 0 aliphatic heterocycles. The molecule has 1 heterocycles. The molecule has 1 N–H and O–H groups in total. The van der Waals surface area contributed by atoms with E-state index in [1.54, 1.807) is 11.3 Å². The van der Waals surface area contributed by atoms with E-state index < -0.39 is 0 Å². The van der Waals surface area contributed by atoms with Crippen LogP contribution in [0.1, 0.15) is 29.2 Å². The molecule has 0 aliphatic rings. The van der Waals surface area contributed by atoms with Gasteiger partial charge >= 0.3 is 0 Å². The SMILES string of the molecule is CNC(CCc1ccsc1)c1ccc(C)cc1Br. The predicted molar refractivity (Wildman–Crippen MR) is 83.3 cm³/mol. The van der Waals surface area contributed by atoms with Gasteiger partial charge < -0.3 is 5.32 Å². The van der Waals surface area contributed by atoms with Crippen LogP contribution in [-0.4, -0.2) is 7.05 Å². The van der Waals surface area contributed by atoms with Gasteiger partial charge in [-0.3, -0.25) is 0 Å². The van der Waals surface area contributed by atoms with Crippen molar-refractivity contribution in [3.63, 3.8) is 0 Å². The molecule has 1 aromatic carbocycles. The summed E-state index contributed by atoms with van der Waals surface area (Å²) in [5.41, 5.74) is 4.07. The lowest BCUT2D eigenvalue weighted by atomic mass is 9.99. The predicted octanol–water partition coefficient (Wildman–Crippen LogP) is 4.71. The van der Waals surface area contributed by atoms with E-state index >= 15 is 0 Å². The number of benzene rings is 1. The zero-order valence-corrected chi connectivity index (χ0v) is 13.1. The van der Waals surface area contributed by atoms with E-state index in [2.05, 4.69) is 63.2 Å². The highest BCUT2D eigenvalue weighted by Crippen LogP contribution is 2.27. The van der Waals surface area contributed by atoms with E-state index in [0.29, 0.717) is 6.04 Å². The van der Waals surface area contributed by atoms with Crippen molar-refractivity contribution < 1.29 is 0 Å². The highest BCUT2D eigenvalue weighted by molar-refractivity contribution is 9.10. The summed E-state index contributed by atoms with van der Waals surface area (Å²) in [4.78, 5) is 0. The molecular formula is C15H18BrNS. The zero-order chi connectivity index (χ0) is 13.0. The highest BCUT2D eigenvalue weighted by atomic mass is 79.9. The van der Waals surface area contributed by atoms with Crippen molar-refractivity contribution in [2.45, 2.75) is 25.8 Å². The van der Waals surface area contributed by atoms with Gasteiger partial charge in [0, 0.05) is 10.5 Å². The van der Waals surface area contributed by atoms with Gasteiger partial charge in [0.15, 0.2) is 0 Å². The molecule has 96 valence electrons. The molecule has 2 aromatic rings. The number of nitrogens with one attached hydrogen (secondary N) is 1. The van der Waals surface area contributed by atoms with Crippen LogP contribution in [-0.2, 0) is 6.42 Å². The molecule has 0 bridgehead atoms. The van der Waals surface area contributed by atoms with Crippen LogP contribution in [0.25, 0.3) is 0 Å². The Morgan fingerprint density at radius 3 is 2.78 bits per heavy atom. The van der Waals surface area contributed by atoms with E-state index in [4.69, 9.17) is 0 Å². The van der Waals surface area contributed by atoms with Crippen molar-refractivity contribution in [1.29, 1.82) is 0 Å². The lowest BCUT2D eigenvalue weighted by Gasteiger charge is -2.18. The van der Waals surface area contributed by atoms with Gasteiger partial charge in [-0.1, -0.05) is 28.1 Å². The zero-order valence-electron chi connectivity index (χ0n) is 10.7. The van der Waals surface area contributed by atoms with Gasteiger partial charge in [0.1, 0.15) is 0 Å². The smallest absolute Gasteiger partial charge is 0.0331 e. The average molecular weight is 324 g/mol. The molecule has 18 heavy (non-hydrogen) atoms. The molecule has 0 amide bonds. The van der Waals surface area contributed by atoms with E-state index in [-0.39, 0.29) is 0 Å². The quantitative estimate of drug-likeness (QED) is 0.840. The number of rotatable bonds is 5. The summed E-state index contributed by atoms with van der Waals surface area (Å²) in [6.07, 6.45) is 2.24. The third kappa shape index (κ3) is 3.44. The minimum atomic E-state index is 0.403. The molecule has 1 unspecified atom stereocenters. The number of hydrogen-bond acceptors (Lipinski definition) is 2. The first-order chi connectivity index (χ1) is 8.70. The summed E-state index contributed by atoms with van der Waals surface area (Å²) in [5, 5.41) is 7.79. The second-order valence-corrected chi connectivity index (χ2v) is 6.17. The topological polar surface area (TPSA) is 12.0 Å². The van der Waals surface area contributed by atoms with E-state index in [9.17, 15) is 0 Å². The van der Waals surface area contributed by atoms with E-state index in [1.165, 1.54) is 21.2 Å². The summed E-state index contributed by atoms with van der Waals surface area (Å²) >= 11 is 5.44. The molecule has 3 heteroatoms. The lowest BCUT2D eigenvalue weighted by molar-refractivity contribution is 0.547. The van der Waals surface area contributed by atoms with Crippen molar-refractivity contribution in [3.8, 4) is 0 Å². The molecule has 0 saturated heterocycles. The summed E-state index contributed by atoms with van der Waals surface area (Å²) < 4.78 is 1.20. The first-order valence-electron chi connectivity index (χ1n) is 6.15. The van der Waals surface area contributed by atoms with E-state index in [1.807, 2.05) is 7.05 Å². The van der Waals surface area contributed by atoms with Gasteiger partial charge in [-0.2, -0.15) is 11.3 Å². The summed E-state index contributed by atoms with van der Waals surface area (Å²) in [6, 6.07) is 9.19. The molecule has 1 atom stereocenters. The lowest BCUT2D eigenvalue weighted by Crippen LogP contribution is -2.17. The molecule has 0 saturated carbocycles. The Morgan fingerprint density at radius 1 is 1.33 bits per heavy atom. The average Bonchev–Trinajstić information content (AvgIpc) is 2.85. The second-order valence-electron chi connectivity index (χ2n) is 4.54. The molecule has 0 fully saturated rings. The minimum absolute atomic E-state index is 0.403. The fraction of sp³-hybridized carbons (Fsp3) is 0.333.